The van der Waals surface area contributed by atoms with Gasteiger partial charge in [-0.05, 0) is 43.7 Å². The molecule has 1 aliphatic heterocycles. The summed E-state index contributed by atoms with van der Waals surface area (Å²) in [5.41, 5.74) is 9.51. The number of aliphatic hydroxyl groups is 2. The van der Waals surface area contributed by atoms with E-state index in [9.17, 15) is 10.2 Å². The Morgan fingerprint density at radius 3 is 2.26 bits per heavy atom. The van der Waals surface area contributed by atoms with Gasteiger partial charge in [0.2, 0.25) is 5.95 Å². The first kappa shape index (κ1) is 30.2. The molecular formula is C33H40N10O3. The number of imidazole rings is 1. The molecule has 6 N–H and O–H groups in total. The average molecular weight is 625 g/mol. The molecule has 0 bridgehead atoms. The Balaban J connectivity index is 1.23. The van der Waals surface area contributed by atoms with Crippen LogP contribution in [0.2, 0.25) is 0 Å². The second kappa shape index (κ2) is 13.1. The maximum atomic E-state index is 11.2. The Bertz CT molecular complexity index is 1700. The lowest BCUT2D eigenvalue weighted by molar-refractivity contribution is -0.0383. The highest BCUT2D eigenvalue weighted by Gasteiger charge is 2.47. The molecule has 2 fully saturated rings. The standard InChI is InChI=1S/C33H40N10O3/c1-2-42-18-37-30(41-42)28-26(44)27(45)32(46-28)43-19-36-25-29(39-33(40-31(25)43)38-23-15-13-22(34)14-16-23)35-17-24(20-9-5-3-6-10-20)21-11-7-4-8-12-21/h3-12,18-19,22-24,26-28,32,44-45H,2,13-17,34H2,1H3,(H2,35,38,39,40)/t22-,23-,26-,27+,28-,32+/m0/s1. The van der Waals surface area contributed by atoms with Gasteiger partial charge in [0.15, 0.2) is 35.1 Å². The predicted molar refractivity (Wildman–Crippen MR) is 173 cm³/mol. The first-order valence-electron chi connectivity index (χ1n) is 16.0. The molecule has 4 atom stereocenters. The number of fused-ring (bicyclic) bond motifs is 1. The summed E-state index contributed by atoms with van der Waals surface area (Å²) in [6.07, 6.45) is 2.47. The molecule has 7 rings (SSSR count). The van der Waals surface area contributed by atoms with E-state index in [4.69, 9.17) is 20.4 Å². The fourth-order valence-electron chi connectivity index (χ4n) is 6.43. The Labute approximate surface area is 266 Å². The van der Waals surface area contributed by atoms with E-state index >= 15 is 0 Å². The molecule has 2 aliphatic rings. The third kappa shape index (κ3) is 6.06. The van der Waals surface area contributed by atoms with Crippen LogP contribution >= 0.6 is 0 Å². The molecule has 3 aromatic heterocycles. The molecule has 4 heterocycles. The first-order valence-corrected chi connectivity index (χ1v) is 16.0. The maximum absolute atomic E-state index is 11.2. The summed E-state index contributed by atoms with van der Waals surface area (Å²) >= 11 is 0. The predicted octanol–water partition coefficient (Wildman–Crippen LogP) is 3.36. The summed E-state index contributed by atoms with van der Waals surface area (Å²) in [5, 5.41) is 33.6. The second-order valence-corrected chi connectivity index (χ2v) is 12.1. The monoisotopic (exact) mass is 624 g/mol. The number of aromatic nitrogens is 7. The molecule has 5 aromatic rings. The lowest BCUT2D eigenvalue weighted by Crippen LogP contribution is -2.33. The number of rotatable bonds is 10. The summed E-state index contributed by atoms with van der Waals surface area (Å²) in [4.78, 5) is 18.8. The zero-order valence-corrected chi connectivity index (χ0v) is 25.7. The number of nitrogens with two attached hydrogens (primary N) is 1. The minimum Gasteiger partial charge on any atom is -0.387 e. The van der Waals surface area contributed by atoms with Gasteiger partial charge >= 0.3 is 0 Å². The Morgan fingerprint density at radius 1 is 0.913 bits per heavy atom. The van der Waals surface area contributed by atoms with Crippen LogP contribution in [0.1, 0.15) is 67.8 Å². The lowest BCUT2D eigenvalue weighted by atomic mass is 9.91. The highest BCUT2D eigenvalue weighted by molar-refractivity contribution is 5.84. The second-order valence-electron chi connectivity index (χ2n) is 12.1. The van der Waals surface area contributed by atoms with E-state index < -0.39 is 24.5 Å². The zero-order valence-electron chi connectivity index (χ0n) is 25.7. The number of aliphatic hydroxyl groups excluding tert-OH is 2. The van der Waals surface area contributed by atoms with E-state index in [1.807, 2.05) is 43.3 Å². The average Bonchev–Trinajstić information content (AvgIpc) is 3.81. The number of nitrogens with one attached hydrogen (secondary N) is 2. The van der Waals surface area contributed by atoms with Crippen molar-refractivity contribution in [2.75, 3.05) is 17.2 Å². The van der Waals surface area contributed by atoms with Gasteiger partial charge in [0.05, 0.1) is 6.33 Å². The molecule has 240 valence electrons. The number of ether oxygens (including phenoxy) is 1. The van der Waals surface area contributed by atoms with Crippen molar-refractivity contribution < 1.29 is 14.9 Å². The van der Waals surface area contributed by atoms with E-state index in [2.05, 4.69) is 50.0 Å². The molecule has 1 aliphatic carbocycles. The van der Waals surface area contributed by atoms with Crippen molar-refractivity contribution in [1.29, 1.82) is 0 Å². The van der Waals surface area contributed by atoms with Crippen molar-refractivity contribution in [2.45, 2.75) is 81.7 Å². The molecule has 0 spiro atoms. The van der Waals surface area contributed by atoms with Crippen molar-refractivity contribution in [3.05, 3.63) is 90.3 Å². The topological polar surface area (TPSA) is 174 Å². The molecule has 0 unspecified atom stereocenters. The Morgan fingerprint density at radius 2 is 1.61 bits per heavy atom. The molecule has 13 nitrogen and oxygen atoms in total. The van der Waals surface area contributed by atoms with Gasteiger partial charge in [-0.2, -0.15) is 15.1 Å². The molecular weight excluding hydrogens is 584 g/mol. The number of benzene rings is 2. The minimum absolute atomic E-state index is 0.0528. The number of hydrogen-bond acceptors (Lipinski definition) is 11. The first-order chi connectivity index (χ1) is 22.5. The molecule has 13 heteroatoms. The number of hydrogen-bond donors (Lipinski definition) is 5. The number of nitrogens with zero attached hydrogens (tertiary/aromatic N) is 7. The largest absolute Gasteiger partial charge is 0.387 e. The maximum Gasteiger partial charge on any atom is 0.227 e. The lowest BCUT2D eigenvalue weighted by Gasteiger charge is -2.27. The van der Waals surface area contributed by atoms with Crippen molar-refractivity contribution in [3.8, 4) is 0 Å². The van der Waals surface area contributed by atoms with Crippen LogP contribution in [0.25, 0.3) is 11.2 Å². The summed E-state index contributed by atoms with van der Waals surface area (Å²) in [7, 11) is 0. The third-order valence-corrected chi connectivity index (χ3v) is 9.05. The van der Waals surface area contributed by atoms with E-state index in [1.54, 1.807) is 21.9 Å². The van der Waals surface area contributed by atoms with Crippen molar-refractivity contribution in [3.63, 3.8) is 0 Å². The molecule has 1 saturated heterocycles. The molecule has 0 radical (unpaired) electrons. The van der Waals surface area contributed by atoms with Crippen LogP contribution < -0.4 is 16.4 Å². The van der Waals surface area contributed by atoms with Crippen molar-refractivity contribution in [2.24, 2.45) is 5.73 Å². The fraction of sp³-hybridized carbons (Fsp3) is 0.424. The Kier molecular flexibility index (Phi) is 8.63. The zero-order chi connectivity index (χ0) is 31.6. The van der Waals surface area contributed by atoms with Crippen molar-refractivity contribution in [1.82, 2.24) is 34.3 Å². The molecule has 0 amide bonds. The normalized spacial score (nSPS) is 24.9. The highest BCUT2D eigenvalue weighted by Crippen LogP contribution is 2.39. The van der Waals surface area contributed by atoms with Gasteiger partial charge < -0.3 is 31.3 Å². The SMILES string of the molecule is CCn1cnc([C@H]2O[C@@H](n3cnc4c(NCC(c5ccccc5)c5ccccc5)nc(N[C@H]5CC[C@H](N)CC5)nc43)[C@H](O)[C@@H]2O)n1. The van der Waals surface area contributed by atoms with Gasteiger partial charge in [-0.15, -0.1) is 0 Å². The summed E-state index contributed by atoms with van der Waals surface area (Å²) in [6, 6.07) is 21.1. The van der Waals surface area contributed by atoms with Crippen LogP contribution in [0.5, 0.6) is 0 Å². The van der Waals surface area contributed by atoms with Gasteiger partial charge in [0.1, 0.15) is 18.5 Å². The van der Waals surface area contributed by atoms with Crippen LogP contribution in [-0.4, -0.2) is 75.3 Å². The van der Waals surface area contributed by atoms with Crippen LogP contribution in [0.15, 0.2) is 73.3 Å². The van der Waals surface area contributed by atoms with Crippen LogP contribution in [0, 0.1) is 0 Å². The van der Waals surface area contributed by atoms with Gasteiger partial charge in [0, 0.05) is 31.1 Å². The van der Waals surface area contributed by atoms with Gasteiger partial charge in [-0.25, -0.2) is 9.97 Å². The van der Waals surface area contributed by atoms with Gasteiger partial charge in [-0.3, -0.25) is 9.25 Å². The fourth-order valence-corrected chi connectivity index (χ4v) is 6.43. The molecule has 1 saturated carbocycles. The minimum atomic E-state index is -1.26. The number of aryl methyl sites for hydroxylation is 1. The smallest absolute Gasteiger partial charge is 0.227 e. The van der Waals surface area contributed by atoms with Crippen LogP contribution in [0.4, 0.5) is 11.8 Å². The molecule has 46 heavy (non-hydrogen) atoms. The summed E-state index contributed by atoms with van der Waals surface area (Å²) in [5.74, 6) is 1.37. The van der Waals surface area contributed by atoms with Crippen LogP contribution in [0.3, 0.4) is 0 Å². The number of anilines is 2. The van der Waals surface area contributed by atoms with E-state index in [0.717, 1.165) is 25.7 Å². The third-order valence-electron chi connectivity index (χ3n) is 9.05. The van der Waals surface area contributed by atoms with E-state index in [0.29, 0.717) is 41.8 Å². The van der Waals surface area contributed by atoms with E-state index in [-0.39, 0.29) is 18.0 Å². The summed E-state index contributed by atoms with van der Waals surface area (Å²) in [6.45, 7) is 3.12. The van der Waals surface area contributed by atoms with E-state index in [1.165, 1.54) is 11.1 Å². The quantitative estimate of drug-likeness (QED) is 0.154. The van der Waals surface area contributed by atoms with Crippen molar-refractivity contribution >= 4 is 22.9 Å². The van der Waals surface area contributed by atoms with Gasteiger partial charge in [0.25, 0.3) is 0 Å². The molecule has 2 aromatic carbocycles. The van der Waals surface area contributed by atoms with Crippen LogP contribution in [-0.2, 0) is 11.3 Å². The Hall–Kier alpha value is -4.43. The van der Waals surface area contributed by atoms with Gasteiger partial charge in [-0.1, -0.05) is 60.7 Å². The highest BCUT2D eigenvalue weighted by atomic mass is 16.6. The summed E-state index contributed by atoms with van der Waals surface area (Å²) < 4.78 is 9.51.